The smallest absolute Gasteiger partial charge is 0.272 e. The molecule has 0 bridgehead atoms. The molecule has 2 aliphatic rings. The van der Waals surface area contributed by atoms with E-state index in [2.05, 4.69) is 10.4 Å². The lowest BCUT2D eigenvalue weighted by molar-refractivity contribution is -0.118. The molecule has 1 amide bonds. The standard InChI is InChI=1S/C15H23N3O2/c1-11-6-18(2)17-12(11)13(20)16-9-15(10-19)7-14(8-15)4-3-5-14/h6,19H,3-5,7-10H2,1-2H3,(H,16,20). The van der Waals surface area contributed by atoms with E-state index in [0.717, 1.165) is 18.4 Å². The van der Waals surface area contributed by atoms with Gasteiger partial charge in [0.25, 0.3) is 5.91 Å². The lowest BCUT2D eigenvalue weighted by Crippen LogP contribution is -2.57. The summed E-state index contributed by atoms with van der Waals surface area (Å²) < 4.78 is 1.65. The lowest BCUT2D eigenvalue weighted by Gasteiger charge is -2.60. The molecule has 1 aromatic rings. The Balaban J connectivity index is 1.58. The number of carbonyl (C=O) groups excluding carboxylic acids is 1. The fourth-order valence-electron chi connectivity index (χ4n) is 4.05. The second kappa shape index (κ2) is 4.58. The van der Waals surface area contributed by atoms with Crippen LogP contribution in [0, 0.1) is 17.8 Å². The van der Waals surface area contributed by atoms with Gasteiger partial charge in [-0.3, -0.25) is 9.48 Å². The van der Waals surface area contributed by atoms with Gasteiger partial charge in [-0.05, 0) is 38.0 Å². The summed E-state index contributed by atoms with van der Waals surface area (Å²) >= 11 is 0. The number of aryl methyl sites for hydroxylation is 2. The molecule has 20 heavy (non-hydrogen) atoms. The van der Waals surface area contributed by atoms with Gasteiger partial charge in [-0.15, -0.1) is 0 Å². The Hall–Kier alpha value is -1.36. The van der Waals surface area contributed by atoms with Crippen molar-refractivity contribution in [1.29, 1.82) is 0 Å². The summed E-state index contributed by atoms with van der Waals surface area (Å²) in [7, 11) is 1.81. The minimum absolute atomic E-state index is 0.0984. The molecule has 0 saturated heterocycles. The van der Waals surface area contributed by atoms with Crippen molar-refractivity contribution in [2.24, 2.45) is 17.9 Å². The monoisotopic (exact) mass is 277 g/mol. The molecule has 1 aromatic heterocycles. The molecule has 5 nitrogen and oxygen atoms in total. The SMILES string of the molecule is Cc1cn(C)nc1C(=O)NCC1(CO)CC2(CCC2)C1. The number of aliphatic hydroxyl groups excluding tert-OH is 1. The van der Waals surface area contributed by atoms with E-state index in [4.69, 9.17) is 0 Å². The summed E-state index contributed by atoms with van der Waals surface area (Å²) in [6.07, 6.45) is 7.85. The summed E-state index contributed by atoms with van der Waals surface area (Å²) in [6.45, 7) is 2.60. The first-order valence-electron chi connectivity index (χ1n) is 7.37. The zero-order valence-corrected chi connectivity index (χ0v) is 12.3. The second-order valence-electron chi connectivity index (χ2n) is 6.88. The molecule has 110 valence electrons. The third-order valence-electron chi connectivity index (χ3n) is 5.10. The molecule has 2 N–H and O–H groups in total. The van der Waals surface area contributed by atoms with Crippen molar-refractivity contribution in [3.63, 3.8) is 0 Å². The Morgan fingerprint density at radius 2 is 2.20 bits per heavy atom. The molecule has 5 heteroatoms. The Bertz CT molecular complexity index is 523. The van der Waals surface area contributed by atoms with Gasteiger partial charge in [-0.25, -0.2) is 0 Å². The molecule has 2 aliphatic carbocycles. The van der Waals surface area contributed by atoms with Crippen LogP contribution in [0.2, 0.25) is 0 Å². The number of aliphatic hydroxyl groups is 1. The Morgan fingerprint density at radius 1 is 1.50 bits per heavy atom. The molecule has 3 rings (SSSR count). The Labute approximate surface area is 119 Å². The number of amides is 1. The van der Waals surface area contributed by atoms with Crippen molar-refractivity contribution in [3.05, 3.63) is 17.5 Å². The number of nitrogens with one attached hydrogen (secondary N) is 1. The highest BCUT2D eigenvalue weighted by atomic mass is 16.3. The number of aromatic nitrogens is 2. The van der Waals surface area contributed by atoms with Crippen molar-refractivity contribution < 1.29 is 9.90 Å². The first-order valence-corrected chi connectivity index (χ1v) is 7.37. The van der Waals surface area contributed by atoms with Gasteiger partial charge >= 0.3 is 0 Å². The summed E-state index contributed by atoms with van der Waals surface area (Å²) in [5, 5.41) is 16.8. The second-order valence-corrected chi connectivity index (χ2v) is 6.88. The van der Waals surface area contributed by atoms with E-state index in [-0.39, 0.29) is 17.9 Å². The van der Waals surface area contributed by atoms with Crippen LogP contribution in [-0.4, -0.2) is 33.9 Å². The number of nitrogens with zero attached hydrogens (tertiary/aromatic N) is 2. The molecule has 2 saturated carbocycles. The van der Waals surface area contributed by atoms with Crippen LogP contribution in [0.3, 0.4) is 0 Å². The van der Waals surface area contributed by atoms with Crippen LogP contribution >= 0.6 is 0 Å². The van der Waals surface area contributed by atoms with Crippen LogP contribution in [0.15, 0.2) is 6.20 Å². The summed E-state index contributed by atoms with van der Waals surface area (Å²) in [5.74, 6) is -0.134. The van der Waals surface area contributed by atoms with Gasteiger partial charge in [0.05, 0.1) is 6.61 Å². The molecule has 0 unspecified atom stereocenters. The van der Waals surface area contributed by atoms with E-state index in [1.54, 1.807) is 4.68 Å². The van der Waals surface area contributed by atoms with Crippen LogP contribution in [0.1, 0.15) is 48.2 Å². The molecule has 1 spiro atoms. The maximum atomic E-state index is 12.2. The van der Waals surface area contributed by atoms with Gasteiger partial charge in [-0.1, -0.05) is 6.42 Å². The lowest BCUT2D eigenvalue weighted by atomic mass is 9.45. The molecule has 2 fully saturated rings. The molecule has 0 aliphatic heterocycles. The summed E-state index contributed by atoms with van der Waals surface area (Å²) in [5.41, 5.74) is 1.76. The van der Waals surface area contributed by atoms with Crippen molar-refractivity contribution >= 4 is 5.91 Å². The first-order chi connectivity index (χ1) is 9.48. The number of rotatable bonds is 4. The summed E-state index contributed by atoms with van der Waals surface area (Å²) in [6, 6.07) is 0. The van der Waals surface area contributed by atoms with Crippen LogP contribution in [0.4, 0.5) is 0 Å². The van der Waals surface area contributed by atoms with Gasteiger partial charge in [0.15, 0.2) is 5.69 Å². The maximum absolute atomic E-state index is 12.2. The van der Waals surface area contributed by atoms with Gasteiger partial charge in [0.1, 0.15) is 0 Å². The van der Waals surface area contributed by atoms with E-state index in [1.807, 2.05) is 20.2 Å². The minimum Gasteiger partial charge on any atom is -0.396 e. The quantitative estimate of drug-likeness (QED) is 0.874. The van der Waals surface area contributed by atoms with Crippen molar-refractivity contribution in [2.45, 2.75) is 39.0 Å². The van der Waals surface area contributed by atoms with Crippen molar-refractivity contribution in [1.82, 2.24) is 15.1 Å². The minimum atomic E-state index is -0.134. The van der Waals surface area contributed by atoms with E-state index >= 15 is 0 Å². The average molecular weight is 277 g/mol. The van der Waals surface area contributed by atoms with Gasteiger partial charge in [-0.2, -0.15) is 5.10 Å². The number of hydrogen-bond donors (Lipinski definition) is 2. The highest BCUT2D eigenvalue weighted by Gasteiger charge is 2.56. The van der Waals surface area contributed by atoms with Gasteiger partial charge in [0, 0.05) is 30.8 Å². The zero-order valence-electron chi connectivity index (χ0n) is 12.3. The highest BCUT2D eigenvalue weighted by Crippen LogP contribution is 2.63. The topological polar surface area (TPSA) is 67.2 Å². The van der Waals surface area contributed by atoms with Gasteiger partial charge < -0.3 is 10.4 Å². The predicted octanol–water partition coefficient (Wildman–Crippen LogP) is 1.40. The average Bonchev–Trinajstić information content (AvgIpc) is 2.65. The fraction of sp³-hybridized carbons (Fsp3) is 0.733. The van der Waals surface area contributed by atoms with E-state index in [9.17, 15) is 9.90 Å². The van der Waals surface area contributed by atoms with E-state index in [0.29, 0.717) is 17.7 Å². The molecule has 1 heterocycles. The van der Waals surface area contributed by atoms with E-state index < -0.39 is 0 Å². The maximum Gasteiger partial charge on any atom is 0.272 e. The predicted molar refractivity (Wildman–Crippen MR) is 75.3 cm³/mol. The fourth-order valence-corrected chi connectivity index (χ4v) is 4.05. The molecule has 0 atom stereocenters. The molecular weight excluding hydrogens is 254 g/mol. The van der Waals surface area contributed by atoms with Crippen LogP contribution < -0.4 is 5.32 Å². The van der Waals surface area contributed by atoms with E-state index in [1.165, 1.54) is 19.3 Å². The van der Waals surface area contributed by atoms with Crippen LogP contribution in [0.5, 0.6) is 0 Å². The number of carbonyl (C=O) groups is 1. The van der Waals surface area contributed by atoms with Crippen molar-refractivity contribution in [2.75, 3.05) is 13.2 Å². The van der Waals surface area contributed by atoms with Crippen molar-refractivity contribution in [3.8, 4) is 0 Å². The van der Waals surface area contributed by atoms with Gasteiger partial charge in [0.2, 0.25) is 0 Å². The highest BCUT2D eigenvalue weighted by molar-refractivity contribution is 5.93. The Kier molecular flexibility index (Phi) is 3.12. The third kappa shape index (κ3) is 2.14. The third-order valence-corrected chi connectivity index (χ3v) is 5.10. The Morgan fingerprint density at radius 3 is 2.65 bits per heavy atom. The summed E-state index contributed by atoms with van der Waals surface area (Å²) in [4.78, 5) is 12.2. The molecule has 0 aromatic carbocycles. The molecular formula is C15H23N3O2. The number of hydrogen-bond acceptors (Lipinski definition) is 3. The zero-order chi connectivity index (χ0) is 14.4. The normalized spacial score (nSPS) is 22.1. The van der Waals surface area contributed by atoms with Crippen LogP contribution in [-0.2, 0) is 7.05 Å². The van der Waals surface area contributed by atoms with Crippen LogP contribution in [0.25, 0.3) is 0 Å². The first kappa shape index (κ1) is 13.6. The molecule has 0 radical (unpaired) electrons. The largest absolute Gasteiger partial charge is 0.396 e.